The predicted octanol–water partition coefficient (Wildman–Crippen LogP) is 6.98. The number of hydrogen-bond acceptors (Lipinski definition) is 10. The average molecular weight is 741 g/mol. The van der Waals surface area contributed by atoms with Gasteiger partial charge in [0, 0.05) is 7.11 Å². The van der Waals surface area contributed by atoms with Crippen LogP contribution in [0.25, 0.3) is 0 Å². The minimum Gasteiger partial charge on any atom is -0.374 e. The fraction of sp³-hybridized carbons (Fsp3) is 0.455. The SMILES string of the molecule is CO[C@@H]1O[C@H](C)[C@@H](O[C@@H]2O[C@H](COCc3ccccc3)[C@@H](OCc3ccccc3)[C@H](OCc3ccccc3)[C@H]2OCc2ccccc2)[C@@H]2OC(C)(C)O[C@@H]12. The molecule has 0 saturated carbocycles. The number of fused-ring (bicyclic) bond motifs is 1. The molecule has 7 rings (SSSR count). The highest BCUT2D eigenvalue weighted by Gasteiger charge is 2.57. The first-order valence-electron chi connectivity index (χ1n) is 18.8. The molecule has 3 aliphatic rings. The standard InChI is InChI=1S/C44H52O10/c1-30-36(39-41(42(45-4)50-30)54-44(2,3)53-39)52-43-40(49-28-34-23-15-8-16-24-34)38(48-27-33-21-13-7-14-22-33)37(47-26-32-19-11-6-12-20-32)35(51-43)29-46-25-31-17-9-5-10-18-31/h5-24,30,35-43H,25-29H2,1-4H3/t30-,35-,36-,37-,38+,39+,40-,41-,42-,43+/m1/s1. The molecule has 4 aromatic carbocycles. The second kappa shape index (κ2) is 18.4. The molecule has 10 atom stereocenters. The van der Waals surface area contributed by atoms with E-state index in [1.807, 2.05) is 142 Å². The minimum absolute atomic E-state index is 0.214. The summed E-state index contributed by atoms with van der Waals surface area (Å²) >= 11 is 0. The number of ether oxygens (including phenoxy) is 10. The smallest absolute Gasteiger partial charge is 0.187 e. The average Bonchev–Trinajstić information content (AvgIpc) is 3.53. The van der Waals surface area contributed by atoms with Crippen molar-refractivity contribution >= 4 is 0 Å². The molecular weight excluding hydrogens is 688 g/mol. The second-order valence-electron chi connectivity index (χ2n) is 14.4. The van der Waals surface area contributed by atoms with E-state index in [1.54, 1.807) is 7.11 Å². The summed E-state index contributed by atoms with van der Waals surface area (Å²) in [5, 5.41) is 0. The Morgan fingerprint density at radius 2 is 0.981 bits per heavy atom. The highest BCUT2D eigenvalue weighted by atomic mass is 16.8. The molecular formula is C44H52O10. The summed E-state index contributed by atoms with van der Waals surface area (Å²) in [5.74, 6) is -0.872. The first-order valence-corrected chi connectivity index (χ1v) is 18.8. The van der Waals surface area contributed by atoms with Crippen LogP contribution in [-0.4, -0.2) is 80.9 Å². The zero-order chi connectivity index (χ0) is 37.3. The molecule has 10 heteroatoms. The van der Waals surface area contributed by atoms with Crippen LogP contribution in [0.3, 0.4) is 0 Å². The molecule has 0 aliphatic carbocycles. The van der Waals surface area contributed by atoms with E-state index >= 15 is 0 Å². The fourth-order valence-corrected chi connectivity index (χ4v) is 7.30. The van der Waals surface area contributed by atoms with Gasteiger partial charge in [0.1, 0.15) is 42.7 Å². The Bertz CT molecular complexity index is 1680. The van der Waals surface area contributed by atoms with Crippen LogP contribution in [0.15, 0.2) is 121 Å². The Morgan fingerprint density at radius 1 is 0.519 bits per heavy atom. The summed E-state index contributed by atoms with van der Waals surface area (Å²) in [6.45, 7) is 7.27. The van der Waals surface area contributed by atoms with Crippen molar-refractivity contribution < 1.29 is 47.4 Å². The van der Waals surface area contributed by atoms with E-state index in [0.717, 1.165) is 22.3 Å². The summed E-state index contributed by atoms with van der Waals surface area (Å²) in [7, 11) is 1.60. The van der Waals surface area contributed by atoms with Crippen LogP contribution in [0.4, 0.5) is 0 Å². The van der Waals surface area contributed by atoms with Crippen molar-refractivity contribution in [1.29, 1.82) is 0 Å². The summed E-state index contributed by atoms with van der Waals surface area (Å²) in [4.78, 5) is 0. The molecule has 10 nitrogen and oxygen atoms in total. The van der Waals surface area contributed by atoms with E-state index in [4.69, 9.17) is 47.4 Å². The molecule has 3 fully saturated rings. The first-order chi connectivity index (χ1) is 26.4. The number of rotatable bonds is 16. The van der Waals surface area contributed by atoms with Crippen LogP contribution in [0.1, 0.15) is 43.0 Å². The summed E-state index contributed by atoms with van der Waals surface area (Å²) in [6.07, 6.45) is -6.18. The van der Waals surface area contributed by atoms with Gasteiger partial charge < -0.3 is 47.4 Å². The van der Waals surface area contributed by atoms with Gasteiger partial charge in [0.05, 0.1) is 39.1 Å². The van der Waals surface area contributed by atoms with Crippen LogP contribution in [0, 0.1) is 0 Å². The molecule has 0 spiro atoms. The van der Waals surface area contributed by atoms with E-state index in [9.17, 15) is 0 Å². The number of benzene rings is 4. The van der Waals surface area contributed by atoms with Crippen LogP contribution < -0.4 is 0 Å². The highest BCUT2D eigenvalue weighted by molar-refractivity contribution is 5.16. The van der Waals surface area contributed by atoms with Crippen LogP contribution >= 0.6 is 0 Å². The third kappa shape index (κ3) is 9.82. The van der Waals surface area contributed by atoms with Crippen molar-refractivity contribution in [2.45, 2.75) is 114 Å². The van der Waals surface area contributed by atoms with Crippen LogP contribution in [-0.2, 0) is 73.8 Å². The molecule has 3 aliphatic heterocycles. The van der Waals surface area contributed by atoms with Gasteiger partial charge in [0.15, 0.2) is 18.4 Å². The molecule has 0 unspecified atom stereocenters. The predicted molar refractivity (Wildman–Crippen MR) is 200 cm³/mol. The normalized spacial score (nSPS) is 30.5. The molecule has 4 aromatic rings. The van der Waals surface area contributed by atoms with Gasteiger partial charge in [-0.25, -0.2) is 0 Å². The van der Waals surface area contributed by atoms with E-state index in [2.05, 4.69) is 0 Å². The van der Waals surface area contributed by atoms with Gasteiger partial charge in [0.25, 0.3) is 0 Å². The summed E-state index contributed by atoms with van der Waals surface area (Å²) < 4.78 is 65.6. The molecule has 0 radical (unpaired) electrons. The molecule has 0 aromatic heterocycles. The molecule has 54 heavy (non-hydrogen) atoms. The third-order valence-electron chi connectivity index (χ3n) is 9.93. The Balaban J connectivity index is 1.22. The Kier molecular flexibility index (Phi) is 13.2. The first kappa shape index (κ1) is 38.7. The van der Waals surface area contributed by atoms with Gasteiger partial charge in [-0.2, -0.15) is 0 Å². The van der Waals surface area contributed by atoms with Crippen molar-refractivity contribution in [3.63, 3.8) is 0 Å². The van der Waals surface area contributed by atoms with Gasteiger partial charge in [-0.1, -0.05) is 121 Å². The molecule has 3 heterocycles. The van der Waals surface area contributed by atoms with Gasteiger partial charge in [-0.3, -0.25) is 0 Å². The van der Waals surface area contributed by atoms with Gasteiger partial charge in [-0.05, 0) is 43.0 Å². The fourth-order valence-electron chi connectivity index (χ4n) is 7.30. The Morgan fingerprint density at radius 3 is 1.50 bits per heavy atom. The number of methoxy groups -OCH3 is 1. The van der Waals surface area contributed by atoms with E-state index in [0.29, 0.717) is 26.4 Å². The van der Waals surface area contributed by atoms with Crippen LogP contribution in [0.2, 0.25) is 0 Å². The minimum atomic E-state index is -0.931. The zero-order valence-electron chi connectivity index (χ0n) is 31.4. The molecule has 0 N–H and O–H groups in total. The van der Waals surface area contributed by atoms with Crippen molar-refractivity contribution in [3.8, 4) is 0 Å². The van der Waals surface area contributed by atoms with E-state index in [1.165, 1.54) is 0 Å². The van der Waals surface area contributed by atoms with Gasteiger partial charge in [-0.15, -0.1) is 0 Å². The quantitative estimate of drug-likeness (QED) is 0.120. The summed E-state index contributed by atoms with van der Waals surface area (Å²) in [5.41, 5.74) is 4.09. The lowest BCUT2D eigenvalue weighted by Crippen LogP contribution is -2.64. The highest BCUT2D eigenvalue weighted by Crippen LogP contribution is 2.41. The lowest BCUT2D eigenvalue weighted by Gasteiger charge is -2.48. The molecule has 288 valence electrons. The van der Waals surface area contributed by atoms with Crippen molar-refractivity contribution in [3.05, 3.63) is 144 Å². The van der Waals surface area contributed by atoms with Crippen LogP contribution in [0.5, 0.6) is 0 Å². The Hall–Kier alpha value is -3.52. The lowest BCUT2D eigenvalue weighted by molar-refractivity contribution is -0.359. The summed E-state index contributed by atoms with van der Waals surface area (Å²) in [6, 6.07) is 40.2. The van der Waals surface area contributed by atoms with Crippen molar-refractivity contribution in [2.75, 3.05) is 13.7 Å². The van der Waals surface area contributed by atoms with E-state index < -0.39 is 67.2 Å². The van der Waals surface area contributed by atoms with Crippen molar-refractivity contribution in [2.24, 2.45) is 0 Å². The molecule has 3 saturated heterocycles. The third-order valence-corrected chi connectivity index (χ3v) is 9.93. The molecule has 0 bridgehead atoms. The van der Waals surface area contributed by atoms with Gasteiger partial charge in [0.2, 0.25) is 0 Å². The zero-order valence-corrected chi connectivity index (χ0v) is 31.4. The van der Waals surface area contributed by atoms with Gasteiger partial charge >= 0.3 is 0 Å². The largest absolute Gasteiger partial charge is 0.374 e. The Labute approximate surface area is 318 Å². The molecule has 0 amide bonds. The van der Waals surface area contributed by atoms with E-state index in [-0.39, 0.29) is 6.61 Å². The second-order valence-corrected chi connectivity index (χ2v) is 14.4. The maximum absolute atomic E-state index is 7.01. The maximum atomic E-state index is 7.01. The topological polar surface area (TPSA) is 92.3 Å². The lowest BCUT2D eigenvalue weighted by atomic mass is 9.96. The maximum Gasteiger partial charge on any atom is 0.187 e. The number of hydrogen-bond donors (Lipinski definition) is 0. The van der Waals surface area contributed by atoms with Crippen molar-refractivity contribution in [1.82, 2.24) is 0 Å². The monoisotopic (exact) mass is 740 g/mol.